The fourth-order valence-electron chi connectivity index (χ4n) is 4.05. The van der Waals surface area contributed by atoms with Gasteiger partial charge in [-0.3, -0.25) is 9.59 Å². The van der Waals surface area contributed by atoms with Crippen LogP contribution in [0.4, 0.5) is 0 Å². The molecule has 44 heavy (non-hydrogen) atoms. The molecule has 0 aromatic heterocycles. The van der Waals surface area contributed by atoms with E-state index >= 15 is 0 Å². The first-order valence-electron chi connectivity index (χ1n) is 13.1. The Kier molecular flexibility index (Phi) is 8.74. The van der Waals surface area contributed by atoms with Gasteiger partial charge in [0.25, 0.3) is 31.9 Å². The molecule has 0 heterocycles. The van der Waals surface area contributed by atoms with Gasteiger partial charge in [0.2, 0.25) is 0 Å². The van der Waals surface area contributed by atoms with Crippen LogP contribution in [0.2, 0.25) is 0 Å². The van der Waals surface area contributed by atoms with Crippen molar-refractivity contribution in [3.8, 4) is 0 Å². The predicted molar refractivity (Wildman–Crippen MR) is 166 cm³/mol. The highest BCUT2D eigenvalue weighted by Crippen LogP contribution is 2.20. The topological polar surface area (TPSA) is 151 Å². The summed E-state index contributed by atoms with van der Waals surface area (Å²) in [5, 5.41) is 5.23. The molecule has 0 saturated heterocycles. The van der Waals surface area contributed by atoms with Crippen molar-refractivity contribution in [2.24, 2.45) is 8.80 Å². The molecule has 2 amide bonds. The largest absolute Gasteiger partial charge is 0.320 e. The van der Waals surface area contributed by atoms with Crippen molar-refractivity contribution in [1.29, 1.82) is 0 Å². The van der Waals surface area contributed by atoms with Crippen molar-refractivity contribution in [3.05, 3.63) is 156 Å². The number of amides is 2. The third-order valence-electron chi connectivity index (χ3n) is 6.20. The monoisotopic (exact) mass is 624 g/mol. The Morgan fingerprint density at radius 3 is 1.07 bits per heavy atom. The van der Waals surface area contributed by atoms with Crippen LogP contribution in [-0.4, -0.2) is 40.1 Å². The minimum atomic E-state index is -4.31. The van der Waals surface area contributed by atoms with Crippen molar-refractivity contribution in [1.82, 2.24) is 10.6 Å². The Hall–Kier alpha value is -5.46. The molecule has 10 nitrogen and oxygen atoms in total. The first-order chi connectivity index (χ1) is 21.1. The molecule has 0 atom stereocenters. The van der Waals surface area contributed by atoms with Crippen LogP contribution in [0, 0.1) is 0 Å². The molecule has 12 heteroatoms. The van der Waals surface area contributed by atoms with Crippen LogP contribution in [0.25, 0.3) is 0 Å². The summed E-state index contributed by atoms with van der Waals surface area (Å²) >= 11 is 0. The van der Waals surface area contributed by atoms with Gasteiger partial charge in [0, 0.05) is 11.1 Å². The summed E-state index contributed by atoms with van der Waals surface area (Å²) in [6.07, 6.45) is 2.31. The number of carbonyl (C=O) groups is 2. The zero-order chi connectivity index (χ0) is 31.2. The highest BCUT2D eigenvalue weighted by Gasteiger charge is 2.26. The van der Waals surface area contributed by atoms with Crippen molar-refractivity contribution in [2.45, 2.75) is 9.79 Å². The molecule has 1 aliphatic rings. The summed E-state index contributed by atoms with van der Waals surface area (Å²) in [5.74, 6) is -1.23. The summed E-state index contributed by atoms with van der Waals surface area (Å²) in [7, 11) is -8.62. The standard InChI is InChI=1S/C32H24N4O6S2/c37-31(23-13-5-1-6-14-23)33-27-21-30(36-44(41,42)26-19-11-4-12-20-26)28(34-32(38)24-15-7-2-8-16-24)22-29(27)35-43(39,40)25-17-9-3-10-18-25/h1-22H,(H,33,37)(H,34,38). The number of benzene rings is 4. The number of nitrogens with zero attached hydrogens (tertiary/aromatic N) is 2. The maximum atomic E-state index is 13.3. The first-order valence-corrected chi connectivity index (χ1v) is 16.0. The zero-order valence-corrected chi connectivity index (χ0v) is 24.5. The number of allylic oxidation sites excluding steroid dienone is 2. The van der Waals surface area contributed by atoms with E-state index in [-0.39, 0.29) is 43.7 Å². The van der Waals surface area contributed by atoms with Crippen LogP contribution in [0.5, 0.6) is 0 Å². The Morgan fingerprint density at radius 1 is 0.455 bits per heavy atom. The van der Waals surface area contributed by atoms with Gasteiger partial charge in [-0.05, 0) is 60.7 Å². The molecule has 0 fully saturated rings. The van der Waals surface area contributed by atoms with Crippen LogP contribution < -0.4 is 10.6 Å². The van der Waals surface area contributed by atoms with Crippen molar-refractivity contribution in [3.63, 3.8) is 0 Å². The second-order valence-electron chi connectivity index (χ2n) is 9.29. The van der Waals surface area contributed by atoms with Gasteiger partial charge >= 0.3 is 0 Å². The van der Waals surface area contributed by atoms with E-state index in [1.807, 2.05) is 0 Å². The molecule has 1 aliphatic carbocycles. The normalized spacial score (nSPS) is 15.3. The molecule has 0 bridgehead atoms. The fraction of sp³-hybridized carbons (Fsp3) is 0. The molecule has 4 aromatic carbocycles. The van der Waals surface area contributed by atoms with E-state index in [1.165, 1.54) is 48.5 Å². The molecule has 220 valence electrons. The van der Waals surface area contributed by atoms with Crippen LogP contribution in [0.15, 0.2) is 163 Å². The summed E-state index contributed by atoms with van der Waals surface area (Å²) in [6.45, 7) is 0. The zero-order valence-electron chi connectivity index (χ0n) is 22.9. The van der Waals surface area contributed by atoms with E-state index in [1.54, 1.807) is 72.8 Å². The molecule has 4 aromatic rings. The van der Waals surface area contributed by atoms with E-state index in [0.717, 1.165) is 12.2 Å². The molecule has 0 spiro atoms. The highest BCUT2D eigenvalue weighted by molar-refractivity contribution is 7.90. The van der Waals surface area contributed by atoms with Gasteiger partial charge in [-0.2, -0.15) is 25.6 Å². The SMILES string of the molecule is O=C(NC1=CC(=NS(=O)(=O)c2ccccc2)C(NC(=O)c2ccccc2)=CC1=NS(=O)(=O)c1ccccc1)c1ccccc1. The quantitative estimate of drug-likeness (QED) is 0.279. The third-order valence-corrected chi connectivity index (χ3v) is 8.81. The highest BCUT2D eigenvalue weighted by atomic mass is 32.2. The van der Waals surface area contributed by atoms with Crippen molar-refractivity contribution >= 4 is 43.3 Å². The molecule has 0 unspecified atom stereocenters. The van der Waals surface area contributed by atoms with Crippen LogP contribution in [0.1, 0.15) is 20.7 Å². The first kappa shape index (κ1) is 30.0. The number of carbonyl (C=O) groups excluding carboxylic acids is 2. The summed E-state index contributed by atoms with van der Waals surface area (Å²) in [4.78, 5) is 26.1. The van der Waals surface area contributed by atoms with Gasteiger partial charge in [0.15, 0.2) is 0 Å². The van der Waals surface area contributed by atoms with Gasteiger partial charge < -0.3 is 10.6 Å². The second kappa shape index (κ2) is 12.8. The molecule has 2 N–H and O–H groups in total. The lowest BCUT2D eigenvalue weighted by Gasteiger charge is -2.19. The Morgan fingerprint density at radius 2 is 0.750 bits per heavy atom. The summed E-state index contributed by atoms with van der Waals surface area (Å²) in [5.41, 5.74) is -0.339. The lowest BCUT2D eigenvalue weighted by atomic mass is 10.0. The average molecular weight is 625 g/mol. The number of sulfonamides is 2. The van der Waals surface area contributed by atoms with Gasteiger partial charge in [0.1, 0.15) is 11.4 Å². The van der Waals surface area contributed by atoms with E-state index in [2.05, 4.69) is 19.4 Å². The van der Waals surface area contributed by atoms with Crippen LogP contribution in [-0.2, 0) is 20.0 Å². The van der Waals surface area contributed by atoms with E-state index in [4.69, 9.17) is 0 Å². The van der Waals surface area contributed by atoms with Gasteiger partial charge in [-0.15, -0.1) is 0 Å². The maximum Gasteiger partial charge on any atom is 0.282 e. The van der Waals surface area contributed by atoms with Gasteiger partial charge in [0.05, 0.1) is 21.2 Å². The van der Waals surface area contributed by atoms with Crippen molar-refractivity contribution in [2.75, 3.05) is 0 Å². The van der Waals surface area contributed by atoms with Gasteiger partial charge in [-0.25, -0.2) is 0 Å². The predicted octanol–water partition coefficient (Wildman–Crippen LogP) is 4.29. The van der Waals surface area contributed by atoms with Crippen LogP contribution in [0.3, 0.4) is 0 Å². The molecule has 0 aliphatic heterocycles. The minimum Gasteiger partial charge on any atom is -0.320 e. The third kappa shape index (κ3) is 7.12. The number of hydrogen-bond donors (Lipinski definition) is 2. The van der Waals surface area contributed by atoms with E-state index in [9.17, 15) is 26.4 Å². The van der Waals surface area contributed by atoms with E-state index < -0.39 is 31.9 Å². The second-order valence-corrected chi connectivity index (χ2v) is 12.5. The summed E-state index contributed by atoms with van der Waals surface area (Å²) < 4.78 is 61.0. The molecule has 0 radical (unpaired) electrons. The lowest BCUT2D eigenvalue weighted by molar-refractivity contribution is 0.0958. The maximum absolute atomic E-state index is 13.3. The molecule has 5 rings (SSSR count). The molecular weight excluding hydrogens is 601 g/mol. The number of rotatable bonds is 8. The molecule has 0 saturated carbocycles. The Labute approximate surface area is 254 Å². The van der Waals surface area contributed by atoms with Gasteiger partial charge in [-0.1, -0.05) is 72.8 Å². The van der Waals surface area contributed by atoms with Crippen LogP contribution >= 0.6 is 0 Å². The average Bonchev–Trinajstić information content (AvgIpc) is 3.04. The van der Waals surface area contributed by atoms with Crippen molar-refractivity contribution < 1.29 is 26.4 Å². The fourth-order valence-corrected chi connectivity index (χ4v) is 6.08. The molecular formula is C32H24N4O6S2. The number of nitrogens with one attached hydrogen (secondary N) is 2. The minimum absolute atomic E-state index is 0.115. The van der Waals surface area contributed by atoms with E-state index in [0.29, 0.717) is 0 Å². The number of hydrogen-bond acceptors (Lipinski definition) is 6. The Bertz CT molecular complexity index is 1890. The Balaban J connectivity index is 1.66. The smallest absolute Gasteiger partial charge is 0.282 e. The summed E-state index contributed by atoms with van der Waals surface area (Å²) in [6, 6.07) is 31.1. The lowest BCUT2D eigenvalue weighted by Crippen LogP contribution is -2.35.